The number of likely N-dealkylation sites (tertiary alicyclic amines) is 1. The molecule has 1 heterocycles. The molecule has 2 fully saturated rings. The SMILES string of the molecule is CCNC1CCCN(C2CC(OCC)C2(C)C)C1=O. The van der Waals surface area contributed by atoms with Crippen LogP contribution in [0.25, 0.3) is 0 Å². The van der Waals surface area contributed by atoms with E-state index >= 15 is 0 Å². The first-order valence-corrected chi connectivity index (χ1v) is 7.67. The van der Waals surface area contributed by atoms with E-state index in [1.165, 1.54) is 0 Å². The van der Waals surface area contributed by atoms with Crippen LogP contribution in [0.4, 0.5) is 0 Å². The number of rotatable bonds is 5. The summed E-state index contributed by atoms with van der Waals surface area (Å²) in [4.78, 5) is 14.6. The van der Waals surface area contributed by atoms with Crippen molar-refractivity contribution >= 4 is 5.91 Å². The molecule has 110 valence electrons. The minimum atomic E-state index is 0.0284. The van der Waals surface area contributed by atoms with Gasteiger partial charge in [0.15, 0.2) is 0 Å². The smallest absolute Gasteiger partial charge is 0.239 e. The molecule has 1 aliphatic heterocycles. The molecule has 19 heavy (non-hydrogen) atoms. The summed E-state index contributed by atoms with van der Waals surface area (Å²) < 4.78 is 5.77. The summed E-state index contributed by atoms with van der Waals surface area (Å²) in [5, 5.41) is 3.31. The molecule has 2 aliphatic rings. The third-order valence-corrected chi connectivity index (χ3v) is 4.79. The van der Waals surface area contributed by atoms with Crippen molar-refractivity contribution in [1.29, 1.82) is 0 Å². The molecule has 4 nitrogen and oxygen atoms in total. The molecule has 0 aromatic rings. The lowest BCUT2D eigenvalue weighted by molar-refractivity contribution is -0.171. The summed E-state index contributed by atoms with van der Waals surface area (Å²) in [6.07, 6.45) is 3.38. The molecule has 1 N–H and O–H groups in total. The van der Waals surface area contributed by atoms with Gasteiger partial charge in [-0.2, -0.15) is 0 Å². The van der Waals surface area contributed by atoms with Crippen molar-refractivity contribution < 1.29 is 9.53 Å². The fourth-order valence-corrected chi connectivity index (χ4v) is 3.52. The van der Waals surface area contributed by atoms with Gasteiger partial charge in [-0.05, 0) is 32.7 Å². The lowest BCUT2D eigenvalue weighted by atomic mass is 9.63. The number of amides is 1. The van der Waals surface area contributed by atoms with Gasteiger partial charge in [0.25, 0.3) is 0 Å². The van der Waals surface area contributed by atoms with E-state index in [9.17, 15) is 4.79 Å². The Balaban J connectivity index is 2.00. The van der Waals surface area contributed by atoms with Crippen LogP contribution in [0.1, 0.15) is 47.0 Å². The molecule has 2 rings (SSSR count). The topological polar surface area (TPSA) is 41.6 Å². The number of piperidine rings is 1. The number of nitrogens with zero attached hydrogens (tertiary/aromatic N) is 1. The molecule has 1 aliphatic carbocycles. The van der Waals surface area contributed by atoms with Gasteiger partial charge >= 0.3 is 0 Å². The highest BCUT2D eigenvalue weighted by molar-refractivity contribution is 5.83. The first kappa shape index (κ1) is 14.8. The molecule has 3 atom stereocenters. The summed E-state index contributed by atoms with van der Waals surface area (Å²) in [5.74, 6) is 0.293. The largest absolute Gasteiger partial charge is 0.378 e. The van der Waals surface area contributed by atoms with E-state index in [1.54, 1.807) is 0 Å². The van der Waals surface area contributed by atoms with Gasteiger partial charge in [-0.1, -0.05) is 20.8 Å². The normalized spacial score (nSPS) is 34.2. The highest BCUT2D eigenvalue weighted by atomic mass is 16.5. The van der Waals surface area contributed by atoms with Crippen LogP contribution in [0.5, 0.6) is 0 Å². The maximum atomic E-state index is 12.5. The van der Waals surface area contributed by atoms with Crippen molar-refractivity contribution in [3.8, 4) is 0 Å². The third-order valence-electron chi connectivity index (χ3n) is 4.79. The summed E-state index contributed by atoms with van der Waals surface area (Å²) in [6.45, 7) is 11.1. The van der Waals surface area contributed by atoms with Gasteiger partial charge in [0.1, 0.15) is 0 Å². The Morgan fingerprint density at radius 3 is 2.74 bits per heavy atom. The summed E-state index contributed by atoms with van der Waals surface area (Å²) in [7, 11) is 0. The van der Waals surface area contributed by atoms with Crippen LogP contribution in [-0.4, -0.2) is 48.7 Å². The molecule has 0 radical (unpaired) electrons. The van der Waals surface area contributed by atoms with Crippen LogP contribution in [0.15, 0.2) is 0 Å². The van der Waals surface area contributed by atoms with Crippen molar-refractivity contribution in [3.63, 3.8) is 0 Å². The second-order valence-electron chi connectivity index (χ2n) is 6.30. The van der Waals surface area contributed by atoms with Crippen LogP contribution in [0.2, 0.25) is 0 Å². The summed E-state index contributed by atoms with van der Waals surface area (Å²) >= 11 is 0. The zero-order valence-electron chi connectivity index (χ0n) is 12.7. The van der Waals surface area contributed by atoms with Gasteiger partial charge < -0.3 is 15.0 Å². The van der Waals surface area contributed by atoms with Gasteiger partial charge in [-0.3, -0.25) is 4.79 Å². The zero-order chi connectivity index (χ0) is 14.0. The Labute approximate surface area is 116 Å². The van der Waals surface area contributed by atoms with Crippen molar-refractivity contribution in [2.24, 2.45) is 5.41 Å². The quantitative estimate of drug-likeness (QED) is 0.826. The van der Waals surface area contributed by atoms with Gasteiger partial charge in [0.05, 0.1) is 12.1 Å². The zero-order valence-corrected chi connectivity index (χ0v) is 12.7. The van der Waals surface area contributed by atoms with Gasteiger partial charge in [-0.25, -0.2) is 0 Å². The second kappa shape index (κ2) is 5.80. The van der Waals surface area contributed by atoms with E-state index in [4.69, 9.17) is 4.74 Å². The Bertz CT molecular complexity index is 328. The van der Waals surface area contributed by atoms with Crippen LogP contribution in [0, 0.1) is 5.41 Å². The standard InChI is InChI=1S/C15H28N2O2/c1-5-16-11-8-7-9-17(14(11)18)12-10-13(19-6-2)15(12,3)4/h11-13,16H,5-10H2,1-4H3. The second-order valence-corrected chi connectivity index (χ2v) is 6.30. The van der Waals surface area contributed by atoms with Gasteiger partial charge in [0, 0.05) is 24.6 Å². The first-order chi connectivity index (χ1) is 9.02. The molecule has 0 aromatic heterocycles. The lowest BCUT2D eigenvalue weighted by Crippen LogP contribution is -2.66. The molecule has 1 amide bonds. The predicted octanol–water partition coefficient (Wildman–Crippen LogP) is 1.79. The highest BCUT2D eigenvalue weighted by Gasteiger charge is 2.53. The Hall–Kier alpha value is -0.610. The molecular weight excluding hydrogens is 240 g/mol. The monoisotopic (exact) mass is 268 g/mol. The Morgan fingerprint density at radius 1 is 1.42 bits per heavy atom. The minimum absolute atomic E-state index is 0.0284. The third kappa shape index (κ3) is 2.65. The van der Waals surface area contributed by atoms with Crippen molar-refractivity contribution in [2.45, 2.75) is 65.1 Å². The van der Waals surface area contributed by atoms with Gasteiger partial charge in [0.2, 0.25) is 5.91 Å². The Kier molecular flexibility index (Phi) is 4.51. The number of carbonyl (C=O) groups excluding carboxylic acids is 1. The molecule has 0 bridgehead atoms. The highest BCUT2D eigenvalue weighted by Crippen LogP contribution is 2.46. The average molecular weight is 268 g/mol. The number of carbonyl (C=O) groups is 1. The van der Waals surface area contributed by atoms with Crippen LogP contribution in [0.3, 0.4) is 0 Å². The fraction of sp³-hybridized carbons (Fsp3) is 0.933. The number of likely N-dealkylation sites (N-methyl/N-ethyl adjacent to an activating group) is 1. The maximum absolute atomic E-state index is 12.5. The van der Waals surface area contributed by atoms with E-state index in [0.717, 1.165) is 39.0 Å². The molecule has 4 heteroatoms. The number of nitrogens with one attached hydrogen (secondary N) is 1. The first-order valence-electron chi connectivity index (χ1n) is 7.67. The minimum Gasteiger partial charge on any atom is -0.378 e. The summed E-state index contributed by atoms with van der Waals surface area (Å²) in [5.41, 5.74) is 0.0831. The average Bonchev–Trinajstić information content (AvgIpc) is 2.38. The molecular formula is C15H28N2O2. The molecule has 0 aromatic carbocycles. The number of hydrogen-bond donors (Lipinski definition) is 1. The van der Waals surface area contributed by atoms with E-state index in [2.05, 4.69) is 31.0 Å². The van der Waals surface area contributed by atoms with Crippen LogP contribution < -0.4 is 5.32 Å². The fourth-order valence-electron chi connectivity index (χ4n) is 3.52. The van der Waals surface area contributed by atoms with E-state index in [-0.39, 0.29) is 11.5 Å². The van der Waals surface area contributed by atoms with Gasteiger partial charge in [-0.15, -0.1) is 0 Å². The van der Waals surface area contributed by atoms with E-state index in [0.29, 0.717) is 18.1 Å². The van der Waals surface area contributed by atoms with Crippen molar-refractivity contribution in [2.75, 3.05) is 19.7 Å². The van der Waals surface area contributed by atoms with Crippen molar-refractivity contribution in [3.05, 3.63) is 0 Å². The molecule has 1 saturated carbocycles. The molecule has 0 spiro atoms. The number of hydrogen-bond acceptors (Lipinski definition) is 3. The van der Waals surface area contributed by atoms with Crippen LogP contribution in [-0.2, 0) is 9.53 Å². The lowest BCUT2D eigenvalue weighted by Gasteiger charge is -2.57. The van der Waals surface area contributed by atoms with E-state index < -0.39 is 0 Å². The molecule has 3 unspecified atom stereocenters. The maximum Gasteiger partial charge on any atom is 0.239 e. The Morgan fingerprint density at radius 2 is 2.16 bits per heavy atom. The molecule has 1 saturated heterocycles. The van der Waals surface area contributed by atoms with Crippen molar-refractivity contribution in [1.82, 2.24) is 10.2 Å². The predicted molar refractivity (Wildman–Crippen MR) is 76.0 cm³/mol. The van der Waals surface area contributed by atoms with Crippen LogP contribution >= 0.6 is 0 Å². The summed E-state index contributed by atoms with van der Waals surface area (Å²) in [6, 6.07) is 0.374. The number of ether oxygens (including phenoxy) is 1. The van der Waals surface area contributed by atoms with E-state index in [1.807, 2.05) is 6.92 Å².